The maximum atomic E-state index is 4.53. The fourth-order valence-electron chi connectivity index (χ4n) is 2.60. The third kappa shape index (κ3) is 6.24. The molecule has 0 saturated heterocycles. The highest BCUT2D eigenvalue weighted by molar-refractivity contribution is 6.58. The van der Waals surface area contributed by atoms with Gasteiger partial charge in [-0.25, -0.2) is 0 Å². The molecule has 17 heavy (non-hydrogen) atoms. The lowest BCUT2D eigenvalue weighted by molar-refractivity contribution is 0.686. The van der Waals surface area contributed by atoms with Gasteiger partial charge in [-0.15, -0.1) is 0 Å². The number of nitrogens with zero attached hydrogens (tertiary/aromatic N) is 1. The molecule has 0 aliphatic rings. The van der Waals surface area contributed by atoms with Crippen LogP contribution in [0.15, 0.2) is 18.3 Å². The van der Waals surface area contributed by atoms with E-state index in [1.165, 1.54) is 27.1 Å². The Kier molecular flexibility index (Phi) is 6.24. The van der Waals surface area contributed by atoms with Crippen LogP contribution in [0.1, 0.15) is 39.0 Å². The van der Waals surface area contributed by atoms with Gasteiger partial charge >= 0.3 is 0 Å². The summed E-state index contributed by atoms with van der Waals surface area (Å²) in [6, 6.07) is 4.35. The van der Waals surface area contributed by atoms with Gasteiger partial charge in [-0.05, 0) is 24.6 Å². The van der Waals surface area contributed by atoms with Gasteiger partial charge < -0.3 is 0 Å². The summed E-state index contributed by atoms with van der Waals surface area (Å²) in [6.07, 6.45) is 1.96. The highest BCUT2D eigenvalue weighted by Gasteiger charge is 2.20. The van der Waals surface area contributed by atoms with Crippen molar-refractivity contribution >= 4 is 14.1 Å². The van der Waals surface area contributed by atoms with E-state index in [1.54, 1.807) is 0 Å². The van der Waals surface area contributed by atoms with E-state index in [-0.39, 0.29) is 0 Å². The Morgan fingerprint density at radius 2 is 1.71 bits per heavy atom. The number of aromatic nitrogens is 1. The lowest BCUT2D eigenvalue weighted by Crippen LogP contribution is -2.21. The Hall–Kier alpha value is -0.318. The molecule has 1 aromatic rings. The van der Waals surface area contributed by atoms with Crippen molar-refractivity contribution in [3.8, 4) is 0 Å². The summed E-state index contributed by atoms with van der Waals surface area (Å²) >= 11 is -0.659. The van der Waals surface area contributed by atoms with Crippen LogP contribution in [-0.4, -0.2) is 19.1 Å². The summed E-state index contributed by atoms with van der Waals surface area (Å²) in [5.41, 5.74) is 2.67. The van der Waals surface area contributed by atoms with Crippen molar-refractivity contribution in [3.63, 3.8) is 0 Å². The molecule has 0 fully saturated rings. The standard InChI is InChI=1S/C7H8N.2C4H9.Al/c1-6-3-4-8-7(2)5-6;2*1-4(2)3;/h3-5H,2H2,1H3;2*4H,1H2,2-3H3;. The van der Waals surface area contributed by atoms with Crippen molar-refractivity contribution < 1.29 is 0 Å². The average molecular weight is 247 g/mol. The highest BCUT2D eigenvalue weighted by atomic mass is 27.2. The van der Waals surface area contributed by atoms with Gasteiger partial charge in [0.2, 0.25) is 0 Å². The molecule has 0 bridgehead atoms. The number of hydrogen-bond acceptors (Lipinski definition) is 1. The lowest BCUT2D eigenvalue weighted by Gasteiger charge is -2.16. The first-order chi connectivity index (χ1) is 7.97. The molecule has 0 amide bonds. The average Bonchev–Trinajstić information content (AvgIpc) is 2.14. The van der Waals surface area contributed by atoms with Gasteiger partial charge in [0.1, 0.15) is 0 Å². The third-order valence-corrected chi connectivity index (χ3v) is 7.29. The summed E-state index contributed by atoms with van der Waals surface area (Å²) in [5, 5.41) is 4.18. The van der Waals surface area contributed by atoms with E-state index in [0.717, 1.165) is 11.8 Å². The van der Waals surface area contributed by atoms with Crippen molar-refractivity contribution in [3.05, 3.63) is 29.6 Å². The van der Waals surface area contributed by atoms with Crippen molar-refractivity contribution in [1.29, 1.82) is 0 Å². The van der Waals surface area contributed by atoms with Crippen LogP contribution in [-0.2, 0) is 5.28 Å². The smallest absolute Gasteiger partial charge is 0.263 e. The fourth-order valence-corrected chi connectivity index (χ4v) is 6.61. The van der Waals surface area contributed by atoms with Crippen LogP contribution in [0.25, 0.3) is 0 Å². The molecule has 1 heterocycles. The van der Waals surface area contributed by atoms with Gasteiger partial charge in [0.25, 0.3) is 14.1 Å². The molecule has 2 heteroatoms. The molecule has 0 unspecified atom stereocenters. The van der Waals surface area contributed by atoms with E-state index in [9.17, 15) is 0 Å². The second kappa shape index (κ2) is 7.19. The molecule has 0 aliphatic carbocycles. The summed E-state index contributed by atoms with van der Waals surface area (Å²) in [6.45, 7) is 11.6. The van der Waals surface area contributed by atoms with Gasteiger partial charge in [0.15, 0.2) is 0 Å². The van der Waals surface area contributed by atoms with Crippen molar-refractivity contribution in [2.75, 3.05) is 0 Å². The Labute approximate surface area is 111 Å². The highest BCUT2D eigenvalue weighted by Crippen LogP contribution is 2.18. The van der Waals surface area contributed by atoms with Gasteiger partial charge in [-0.2, -0.15) is 0 Å². The monoisotopic (exact) mass is 247 g/mol. The second-order valence-electron chi connectivity index (χ2n) is 6.15. The van der Waals surface area contributed by atoms with Crippen LogP contribution in [0, 0.1) is 18.8 Å². The van der Waals surface area contributed by atoms with E-state index in [0.29, 0.717) is 0 Å². The van der Waals surface area contributed by atoms with E-state index in [1.807, 2.05) is 6.20 Å². The van der Waals surface area contributed by atoms with Gasteiger partial charge in [-0.1, -0.05) is 55.4 Å². The molecule has 1 rings (SSSR count). The molecule has 0 radical (unpaired) electrons. The minimum absolute atomic E-state index is 0.659. The van der Waals surface area contributed by atoms with Gasteiger partial charge in [-0.3, -0.25) is 4.98 Å². The van der Waals surface area contributed by atoms with Crippen LogP contribution in [0.4, 0.5) is 0 Å². The quantitative estimate of drug-likeness (QED) is 0.684. The fraction of sp³-hybridized carbons (Fsp3) is 0.667. The summed E-state index contributed by atoms with van der Waals surface area (Å²) in [4.78, 5) is 4.53. The first-order valence-corrected chi connectivity index (χ1v) is 9.33. The van der Waals surface area contributed by atoms with Gasteiger partial charge in [0, 0.05) is 11.9 Å². The SMILES string of the molecule is Cc1ccnc([CH2][Al]([CH2]C(C)C)[CH2]C(C)C)c1. The largest absolute Gasteiger partial charge is 0.270 e. The third-order valence-electron chi connectivity index (χ3n) is 3.08. The van der Waals surface area contributed by atoms with Gasteiger partial charge in [0.05, 0.1) is 0 Å². The molecule has 1 nitrogen and oxygen atoms in total. The summed E-state index contributed by atoms with van der Waals surface area (Å²) < 4.78 is 0. The number of hydrogen-bond donors (Lipinski definition) is 0. The molecule has 94 valence electrons. The van der Waals surface area contributed by atoms with Crippen molar-refractivity contribution in [2.24, 2.45) is 11.8 Å². The zero-order valence-corrected chi connectivity index (χ0v) is 13.2. The summed E-state index contributed by atoms with van der Waals surface area (Å²) in [7, 11) is 0. The van der Waals surface area contributed by atoms with E-state index >= 15 is 0 Å². The van der Waals surface area contributed by atoms with E-state index in [4.69, 9.17) is 0 Å². The van der Waals surface area contributed by atoms with Crippen LogP contribution in [0.2, 0.25) is 10.6 Å². The molecular formula is C15H26AlN. The molecule has 0 aromatic carbocycles. The zero-order chi connectivity index (χ0) is 12.8. The number of rotatable bonds is 6. The zero-order valence-electron chi connectivity index (χ0n) is 12.0. The van der Waals surface area contributed by atoms with Crippen LogP contribution >= 0.6 is 0 Å². The number of aryl methyl sites for hydroxylation is 1. The topological polar surface area (TPSA) is 12.9 Å². The van der Waals surface area contributed by atoms with E-state index < -0.39 is 14.1 Å². The predicted molar refractivity (Wildman–Crippen MR) is 77.7 cm³/mol. The van der Waals surface area contributed by atoms with E-state index in [2.05, 4.69) is 51.7 Å². The maximum absolute atomic E-state index is 4.53. The van der Waals surface area contributed by atoms with Crippen LogP contribution in [0.3, 0.4) is 0 Å². The molecule has 1 aromatic heterocycles. The summed E-state index contributed by atoms with van der Waals surface area (Å²) in [5.74, 6) is 1.69. The second-order valence-corrected chi connectivity index (χ2v) is 9.24. The first-order valence-electron chi connectivity index (χ1n) is 6.89. The van der Waals surface area contributed by atoms with Crippen LogP contribution in [0.5, 0.6) is 0 Å². The maximum Gasteiger partial charge on any atom is 0.270 e. The predicted octanol–water partition coefficient (Wildman–Crippen LogP) is 4.28. The number of pyridine rings is 1. The molecule has 0 spiro atoms. The molecular weight excluding hydrogens is 221 g/mol. The molecule has 0 saturated carbocycles. The minimum Gasteiger partial charge on any atom is -0.263 e. The van der Waals surface area contributed by atoms with Crippen molar-refractivity contribution in [1.82, 2.24) is 4.98 Å². The molecule has 0 N–H and O–H groups in total. The Balaban J connectivity index is 2.64. The normalized spacial score (nSPS) is 11.2. The lowest BCUT2D eigenvalue weighted by atomic mass is 10.2. The molecule has 0 aliphatic heterocycles. The Morgan fingerprint density at radius 3 is 2.18 bits per heavy atom. The first kappa shape index (κ1) is 14.7. The molecule has 0 atom stereocenters. The van der Waals surface area contributed by atoms with Crippen LogP contribution < -0.4 is 0 Å². The van der Waals surface area contributed by atoms with Crippen molar-refractivity contribution in [2.45, 2.75) is 50.5 Å². The Morgan fingerprint density at radius 1 is 1.12 bits per heavy atom. The minimum atomic E-state index is -0.659. The Bertz CT molecular complexity index is 323.